The molecule has 2 rings (SSSR count). The van der Waals surface area contributed by atoms with Crippen molar-refractivity contribution in [2.75, 3.05) is 27.8 Å². The van der Waals surface area contributed by atoms with Gasteiger partial charge in [0.05, 0.1) is 48.8 Å². The molecule has 4 amide bonds. The lowest BCUT2D eigenvalue weighted by atomic mass is 9.90. The standard InChI is InChI=1S/C36H60N4O7/c1-11-23(4)32(39(8)36(45)26(7)37-30(41)20-22(2)3)29(46-9)21-31(42)40-19-15-18-28(40)34(47-10)24(5)35(44)38-25(6)33(43)27-16-13-12-14-17-27/h12-14,16-17,22-26,28-29,32-34,43H,11,15,18-21H2,1-10H3,(H,37,41)(H,38,44)/t23-,24+,25+,26-,28-,29+,32-,33+,34+/m0/s1. The quantitative estimate of drug-likeness (QED) is 0.218. The van der Waals surface area contributed by atoms with E-state index >= 15 is 0 Å². The molecule has 0 saturated carbocycles. The predicted molar refractivity (Wildman–Crippen MR) is 182 cm³/mol. The summed E-state index contributed by atoms with van der Waals surface area (Å²) in [5.74, 6) is -1.22. The first-order valence-electron chi connectivity index (χ1n) is 17.1. The third-order valence-electron chi connectivity index (χ3n) is 9.58. The first kappa shape index (κ1) is 40.2. The molecule has 1 fully saturated rings. The molecular weight excluding hydrogens is 600 g/mol. The summed E-state index contributed by atoms with van der Waals surface area (Å²) in [6.07, 6.45) is 0.569. The van der Waals surface area contributed by atoms with Crippen LogP contribution in [0.25, 0.3) is 0 Å². The van der Waals surface area contributed by atoms with Crippen molar-refractivity contribution in [3.05, 3.63) is 35.9 Å². The normalized spacial score (nSPS) is 20.0. The molecule has 1 saturated heterocycles. The number of benzene rings is 1. The fourth-order valence-corrected chi connectivity index (χ4v) is 6.72. The number of likely N-dealkylation sites (tertiary alicyclic amines) is 1. The molecule has 3 N–H and O–H groups in total. The number of aliphatic hydroxyl groups excluding tert-OH is 1. The van der Waals surface area contributed by atoms with E-state index in [4.69, 9.17) is 9.47 Å². The molecule has 0 radical (unpaired) electrons. The number of rotatable bonds is 18. The van der Waals surface area contributed by atoms with Gasteiger partial charge in [0.25, 0.3) is 0 Å². The maximum absolute atomic E-state index is 13.9. The molecule has 1 aliphatic rings. The van der Waals surface area contributed by atoms with Crippen LogP contribution in [0.1, 0.15) is 92.2 Å². The van der Waals surface area contributed by atoms with Crippen LogP contribution in [0.3, 0.4) is 0 Å². The highest BCUT2D eigenvalue weighted by Gasteiger charge is 2.42. The van der Waals surface area contributed by atoms with Crippen LogP contribution < -0.4 is 10.6 Å². The van der Waals surface area contributed by atoms with Crippen molar-refractivity contribution in [1.82, 2.24) is 20.4 Å². The first-order chi connectivity index (χ1) is 22.2. The lowest BCUT2D eigenvalue weighted by Gasteiger charge is -2.40. The summed E-state index contributed by atoms with van der Waals surface area (Å²) in [6, 6.07) is 7.20. The van der Waals surface area contributed by atoms with Gasteiger partial charge in [-0.3, -0.25) is 19.2 Å². The van der Waals surface area contributed by atoms with Crippen LogP contribution in [0.5, 0.6) is 0 Å². The van der Waals surface area contributed by atoms with E-state index in [0.717, 1.165) is 12.8 Å². The summed E-state index contributed by atoms with van der Waals surface area (Å²) in [6.45, 7) is 13.7. The minimum absolute atomic E-state index is 0.0123. The van der Waals surface area contributed by atoms with Gasteiger partial charge in [0, 0.05) is 34.2 Å². The second-order valence-electron chi connectivity index (χ2n) is 13.6. The minimum Gasteiger partial charge on any atom is -0.386 e. The second kappa shape index (κ2) is 19.1. The van der Waals surface area contributed by atoms with Crippen molar-refractivity contribution < 1.29 is 33.8 Å². The van der Waals surface area contributed by atoms with E-state index in [9.17, 15) is 24.3 Å². The van der Waals surface area contributed by atoms with Crippen molar-refractivity contribution in [2.24, 2.45) is 17.8 Å². The largest absolute Gasteiger partial charge is 0.386 e. The Kier molecular flexibility index (Phi) is 16.3. The van der Waals surface area contributed by atoms with Crippen molar-refractivity contribution >= 4 is 23.6 Å². The van der Waals surface area contributed by atoms with E-state index < -0.39 is 42.4 Å². The molecule has 1 aromatic rings. The van der Waals surface area contributed by atoms with Gasteiger partial charge >= 0.3 is 0 Å². The Morgan fingerprint density at radius 3 is 2.17 bits per heavy atom. The highest BCUT2D eigenvalue weighted by molar-refractivity contribution is 5.87. The number of ether oxygens (including phenoxy) is 2. The highest BCUT2D eigenvalue weighted by Crippen LogP contribution is 2.29. The third-order valence-corrected chi connectivity index (χ3v) is 9.58. The van der Waals surface area contributed by atoms with Crippen LogP contribution in [-0.4, -0.2) is 103 Å². The van der Waals surface area contributed by atoms with Gasteiger partial charge in [-0.05, 0) is 44.1 Å². The summed E-state index contributed by atoms with van der Waals surface area (Å²) in [7, 11) is 4.81. The Morgan fingerprint density at radius 2 is 1.62 bits per heavy atom. The zero-order valence-corrected chi connectivity index (χ0v) is 30.2. The molecule has 0 aliphatic carbocycles. The van der Waals surface area contributed by atoms with Crippen LogP contribution >= 0.6 is 0 Å². The van der Waals surface area contributed by atoms with E-state index in [2.05, 4.69) is 10.6 Å². The Labute approximate surface area is 282 Å². The van der Waals surface area contributed by atoms with Crippen molar-refractivity contribution in [3.8, 4) is 0 Å². The van der Waals surface area contributed by atoms with Crippen LogP contribution in [0, 0.1) is 17.8 Å². The van der Waals surface area contributed by atoms with Gasteiger partial charge in [0.2, 0.25) is 23.6 Å². The maximum Gasteiger partial charge on any atom is 0.244 e. The van der Waals surface area contributed by atoms with Gasteiger partial charge < -0.3 is 35.0 Å². The first-order valence-corrected chi connectivity index (χ1v) is 17.1. The lowest BCUT2D eigenvalue weighted by molar-refractivity contribution is -0.147. The Balaban J connectivity index is 2.16. The summed E-state index contributed by atoms with van der Waals surface area (Å²) < 4.78 is 11.8. The monoisotopic (exact) mass is 660 g/mol. The molecule has 1 aliphatic heterocycles. The fraction of sp³-hybridized carbons (Fsp3) is 0.722. The molecule has 0 aromatic heterocycles. The molecule has 1 aromatic carbocycles. The zero-order chi connectivity index (χ0) is 35.4. The number of likely N-dealkylation sites (N-methyl/N-ethyl adjacent to an activating group) is 1. The number of hydrogen-bond donors (Lipinski definition) is 3. The third kappa shape index (κ3) is 11.0. The van der Waals surface area contributed by atoms with E-state index in [-0.39, 0.29) is 47.9 Å². The lowest BCUT2D eigenvalue weighted by Crippen LogP contribution is -2.56. The molecule has 266 valence electrons. The van der Waals surface area contributed by atoms with Gasteiger partial charge in [-0.2, -0.15) is 0 Å². The van der Waals surface area contributed by atoms with Gasteiger partial charge in [0.1, 0.15) is 6.04 Å². The van der Waals surface area contributed by atoms with E-state index in [1.165, 1.54) is 0 Å². The number of hydrogen-bond acceptors (Lipinski definition) is 7. The molecule has 0 bridgehead atoms. The van der Waals surface area contributed by atoms with Gasteiger partial charge in [-0.25, -0.2) is 0 Å². The van der Waals surface area contributed by atoms with Crippen LogP contribution in [0.2, 0.25) is 0 Å². The van der Waals surface area contributed by atoms with Crippen molar-refractivity contribution in [2.45, 2.75) is 123 Å². The summed E-state index contributed by atoms with van der Waals surface area (Å²) in [5.41, 5.74) is 0.713. The average Bonchev–Trinajstić information content (AvgIpc) is 3.53. The zero-order valence-electron chi connectivity index (χ0n) is 30.2. The summed E-state index contributed by atoms with van der Waals surface area (Å²) in [4.78, 5) is 56.6. The second-order valence-corrected chi connectivity index (χ2v) is 13.6. The van der Waals surface area contributed by atoms with Crippen molar-refractivity contribution in [3.63, 3.8) is 0 Å². The van der Waals surface area contributed by atoms with Gasteiger partial charge in [0.15, 0.2) is 0 Å². The molecule has 1 heterocycles. The molecule has 0 unspecified atom stereocenters. The van der Waals surface area contributed by atoms with E-state index in [1.807, 2.05) is 58.0 Å². The van der Waals surface area contributed by atoms with Crippen LogP contribution in [-0.2, 0) is 28.7 Å². The van der Waals surface area contributed by atoms with Crippen LogP contribution in [0.4, 0.5) is 0 Å². The Hall–Kier alpha value is -3.02. The number of carbonyl (C=O) groups excluding carboxylic acids is 4. The molecule has 11 heteroatoms. The van der Waals surface area contributed by atoms with Crippen LogP contribution in [0.15, 0.2) is 30.3 Å². The van der Waals surface area contributed by atoms with E-state index in [1.54, 1.807) is 51.8 Å². The summed E-state index contributed by atoms with van der Waals surface area (Å²) in [5, 5.41) is 16.5. The smallest absolute Gasteiger partial charge is 0.244 e. The summed E-state index contributed by atoms with van der Waals surface area (Å²) >= 11 is 0. The Bertz CT molecular complexity index is 1150. The average molecular weight is 661 g/mol. The Morgan fingerprint density at radius 1 is 0.979 bits per heavy atom. The van der Waals surface area contributed by atoms with Crippen molar-refractivity contribution in [1.29, 1.82) is 0 Å². The number of amides is 4. The fourth-order valence-electron chi connectivity index (χ4n) is 6.72. The van der Waals surface area contributed by atoms with E-state index in [0.29, 0.717) is 24.9 Å². The molecule has 9 atom stereocenters. The number of aliphatic hydroxyl groups is 1. The van der Waals surface area contributed by atoms with Gasteiger partial charge in [-0.1, -0.05) is 71.4 Å². The molecule has 47 heavy (non-hydrogen) atoms. The SMILES string of the molecule is CC[C@H](C)[C@@H]([C@@H](CC(=O)N1CCC[C@H]1[C@H](OC)[C@@H](C)C(=O)N[C@H](C)[C@@H](O)c1ccccc1)OC)N(C)C(=O)[C@H](C)NC(=O)CC(C)C. The molecular formula is C36H60N4O7. The number of nitrogens with one attached hydrogen (secondary N) is 2. The maximum atomic E-state index is 13.9. The number of carbonyl (C=O) groups is 4. The highest BCUT2D eigenvalue weighted by atomic mass is 16.5. The molecule has 0 spiro atoms. The molecule has 11 nitrogen and oxygen atoms in total. The number of methoxy groups -OCH3 is 2. The van der Waals surface area contributed by atoms with Gasteiger partial charge in [-0.15, -0.1) is 0 Å². The minimum atomic E-state index is -0.869. The number of nitrogens with zero attached hydrogens (tertiary/aromatic N) is 2. The predicted octanol–water partition coefficient (Wildman–Crippen LogP) is 3.70. The topological polar surface area (TPSA) is 138 Å².